The largest absolute Gasteiger partial charge is 0.478 e. The lowest BCUT2D eigenvalue weighted by atomic mass is 9.80. The number of hydrogen-bond donors (Lipinski definition) is 2. The minimum Gasteiger partial charge on any atom is -0.478 e. The van der Waals surface area contributed by atoms with E-state index >= 15 is 0 Å². The summed E-state index contributed by atoms with van der Waals surface area (Å²) in [6, 6.07) is 5.37. The molecule has 1 aromatic carbocycles. The van der Waals surface area contributed by atoms with Crippen LogP contribution in [0.2, 0.25) is 0 Å². The van der Waals surface area contributed by atoms with Crippen LogP contribution in [0.4, 0.5) is 4.39 Å². The molecule has 0 aliphatic carbocycles. The molecule has 0 aromatic heterocycles. The number of aliphatic carboxylic acids is 2. The molecule has 22 heavy (non-hydrogen) atoms. The molecular weight excluding hydrogens is 289 g/mol. The van der Waals surface area contributed by atoms with E-state index in [4.69, 9.17) is 0 Å². The molecule has 5 nitrogen and oxygen atoms in total. The molecule has 1 aliphatic heterocycles. The fourth-order valence-corrected chi connectivity index (χ4v) is 2.75. The Hall–Kier alpha value is -2.63. The smallest absolute Gasteiger partial charge is 0.334 e. The minimum atomic E-state index is -1.22. The van der Waals surface area contributed by atoms with Gasteiger partial charge in [0, 0.05) is 18.4 Å². The van der Waals surface area contributed by atoms with Crippen molar-refractivity contribution in [2.45, 2.75) is 19.8 Å². The van der Waals surface area contributed by atoms with Crippen molar-refractivity contribution in [2.75, 3.05) is 7.05 Å². The van der Waals surface area contributed by atoms with Crippen molar-refractivity contribution >= 4 is 11.9 Å². The Morgan fingerprint density at radius 1 is 1.09 bits per heavy atom. The van der Waals surface area contributed by atoms with Crippen molar-refractivity contribution in [3.8, 4) is 0 Å². The van der Waals surface area contributed by atoms with Crippen LogP contribution in [0.5, 0.6) is 0 Å². The van der Waals surface area contributed by atoms with E-state index in [1.54, 1.807) is 20.9 Å². The molecule has 0 amide bonds. The van der Waals surface area contributed by atoms with E-state index in [1.807, 2.05) is 0 Å². The second-order valence-electron chi connectivity index (χ2n) is 5.16. The summed E-state index contributed by atoms with van der Waals surface area (Å²) in [5, 5.41) is 19.0. The number of hydrogen-bond acceptors (Lipinski definition) is 3. The van der Waals surface area contributed by atoms with E-state index in [-0.39, 0.29) is 11.1 Å². The first-order valence-corrected chi connectivity index (χ1v) is 6.63. The van der Waals surface area contributed by atoms with Gasteiger partial charge in [0.25, 0.3) is 0 Å². The quantitative estimate of drug-likeness (QED) is 0.897. The van der Waals surface area contributed by atoms with Crippen LogP contribution in [0, 0.1) is 5.82 Å². The highest BCUT2D eigenvalue weighted by Crippen LogP contribution is 2.41. The van der Waals surface area contributed by atoms with E-state index in [2.05, 4.69) is 0 Å². The fourth-order valence-electron chi connectivity index (χ4n) is 2.75. The number of halogens is 1. The van der Waals surface area contributed by atoms with Crippen LogP contribution in [-0.4, -0.2) is 34.1 Å². The molecule has 1 heterocycles. The van der Waals surface area contributed by atoms with Gasteiger partial charge >= 0.3 is 11.9 Å². The Morgan fingerprint density at radius 3 is 2.00 bits per heavy atom. The first kappa shape index (κ1) is 15.8. The van der Waals surface area contributed by atoms with Gasteiger partial charge in [0.2, 0.25) is 0 Å². The predicted molar refractivity (Wildman–Crippen MR) is 77.6 cm³/mol. The average Bonchev–Trinajstić information content (AvgIpc) is 2.43. The standard InChI is InChI=1S/C16H16FNO4/c1-8-12(15(19)20)14(10-5-4-6-11(17)7-10)13(16(21)22)9(2)18(8)3/h4-7,14H,1-3H3,(H,19,20)(H,21,22). The maximum absolute atomic E-state index is 13.5. The second-order valence-corrected chi connectivity index (χ2v) is 5.16. The Labute approximate surface area is 127 Å². The van der Waals surface area contributed by atoms with Gasteiger partial charge in [-0.25, -0.2) is 14.0 Å². The van der Waals surface area contributed by atoms with Crippen molar-refractivity contribution < 1.29 is 24.2 Å². The maximum atomic E-state index is 13.5. The molecule has 0 unspecified atom stereocenters. The van der Waals surface area contributed by atoms with Gasteiger partial charge in [-0.3, -0.25) is 0 Å². The molecule has 0 saturated carbocycles. The number of rotatable bonds is 3. The topological polar surface area (TPSA) is 77.8 Å². The molecule has 1 aliphatic rings. The maximum Gasteiger partial charge on any atom is 0.334 e. The van der Waals surface area contributed by atoms with Crippen LogP contribution in [0.15, 0.2) is 46.8 Å². The molecular formula is C16H16FNO4. The molecule has 2 N–H and O–H groups in total. The first-order chi connectivity index (χ1) is 10.3. The van der Waals surface area contributed by atoms with Crippen LogP contribution in [0.25, 0.3) is 0 Å². The zero-order valence-corrected chi connectivity index (χ0v) is 12.4. The van der Waals surface area contributed by atoms with Crippen molar-refractivity contribution in [3.05, 3.63) is 58.2 Å². The summed E-state index contributed by atoms with van der Waals surface area (Å²) in [5.74, 6) is -3.99. The minimum absolute atomic E-state index is 0.0592. The highest BCUT2D eigenvalue weighted by molar-refractivity contribution is 5.98. The average molecular weight is 305 g/mol. The van der Waals surface area contributed by atoms with E-state index in [1.165, 1.54) is 29.2 Å². The van der Waals surface area contributed by atoms with Crippen LogP contribution in [0.1, 0.15) is 25.3 Å². The predicted octanol–water partition coefficient (Wildman–Crippen LogP) is 2.57. The Balaban J connectivity index is 2.77. The van der Waals surface area contributed by atoms with Crippen molar-refractivity contribution in [1.82, 2.24) is 4.90 Å². The fraction of sp³-hybridized carbons (Fsp3) is 0.250. The molecule has 116 valence electrons. The number of allylic oxidation sites excluding steroid dienone is 2. The van der Waals surface area contributed by atoms with Crippen LogP contribution >= 0.6 is 0 Å². The molecule has 2 rings (SSSR count). The third kappa shape index (κ3) is 2.47. The molecule has 0 atom stereocenters. The Morgan fingerprint density at radius 2 is 1.59 bits per heavy atom. The number of carboxylic acids is 2. The van der Waals surface area contributed by atoms with Crippen molar-refractivity contribution in [3.63, 3.8) is 0 Å². The Bertz CT molecular complexity index is 683. The normalized spacial score (nSPS) is 16.3. The highest BCUT2D eigenvalue weighted by atomic mass is 19.1. The molecule has 0 fully saturated rings. The summed E-state index contributed by atoms with van der Waals surface area (Å²) in [6.07, 6.45) is 0. The summed E-state index contributed by atoms with van der Waals surface area (Å²) in [6.45, 7) is 3.22. The van der Waals surface area contributed by atoms with Gasteiger partial charge in [-0.15, -0.1) is 0 Å². The van der Waals surface area contributed by atoms with Crippen LogP contribution < -0.4 is 0 Å². The molecule has 0 saturated heterocycles. The van der Waals surface area contributed by atoms with Gasteiger partial charge in [0.05, 0.1) is 17.1 Å². The zero-order chi connectivity index (χ0) is 16.6. The van der Waals surface area contributed by atoms with E-state index < -0.39 is 23.7 Å². The number of carbonyl (C=O) groups is 2. The molecule has 0 radical (unpaired) electrons. The van der Waals surface area contributed by atoms with Gasteiger partial charge in [0.15, 0.2) is 0 Å². The SMILES string of the molecule is CC1=C(C(=O)O)C(c2cccc(F)c2)C(C(=O)O)=C(C)N1C. The summed E-state index contributed by atoms with van der Waals surface area (Å²) in [4.78, 5) is 24.9. The number of carboxylic acid groups (broad SMARTS) is 2. The highest BCUT2D eigenvalue weighted by Gasteiger charge is 2.38. The number of benzene rings is 1. The third-order valence-electron chi connectivity index (χ3n) is 4.01. The molecule has 0 bridgehead atoms. The monoisotopic (exact) mass is 305 g/mol. The second kappa shape index (κ2) is 5.63. The zero-order valence-electron chi connectivity index (χ0n) is 12.4. The molecule has 0 spiro atoms. The van der Waals surface area contributed by atoms with E-state index in [9.17, 15) is 24.2 Å². The summed E-state index contributed by atoms with van der Waals surface area (Å²) in [5.41, 5.74) is 1.06. The lowest BCUT2D eigenvalue weighted by Crippen LogP contribution is -2.32. The Kier molecular flexibility index (Phi) is 4.03. The summed E-state index contributed by atoms with van der Waals surface area (Å²) >= 11 is 0. The van der Waals surface area contributed by atoms with E-state index in [0.717, 1.165) is 0 Å². The van der Waals surface area contributed by atoms with Crippen molar-refractivity contribution in [1.29, 1.82) is 0 Å². The van der Waals surface area contributed by atoms with Gasteiger partial charge in [0.1, 0.15) is 5.82 Å². The third-order valence-corrected chi connectivity index (χ3v) is 4.01. The van der Waals surface area contributed by atoms with Crippen LogP contribution in [0.3, 0.4) is 0 Å². The van der Waals surface area contributed by atoms with Crippen LogP contribution in [-0.2, 0) is 9.59 Å². The lowest BCUT2D eigenvalue weighted by molar-refractivity contribution is -0.133. The van der Waals surface area contributed by atoms with Gasteiger partial charge in [-0.1, -0.05) is 12.1 Å². The summed E-state index contributed by atoms with van der Waals surface area (Å²) < 4.78 is 13.5. The van der Waals surface area contributed by atoms with Gasteiger partial charge in [-0.2, -0.15) is 0 Å². The van der Waals surface area contributed by atoms with Crippen molar-refractivity contribution in [2.24, 2.45) is 0 Å². The first-order valence-electron chi connectivity index (χ1n) is 6.63. The lowest BCUT2D eigenvalue weighted by Gasteiger charge is -2.34. The van der Waals surface area contributed by atoms with Gasteiger partial charge in [-0.05, 0) is 31.5 Å². The molecule has 6 heteroatoms. The van der Waals surface area contributed by atoms with Gasteiger partial charge < -0.3 is 15.1 Å². The summed E-state index contributed by atoms with van der Waals surface area (Å²) in [7, 11) is 1.61. The molecule has 1 aromatic rings. The number of nitrogens with zero attached hydrogens (tertiary/aromatic N) is 1. The van der Waals surface area contributed by atoms with E-state index in [0.29, 0.717) is 17.0 Å².